The number of halogens is 1. The molecule has 1 N–H and O–H groups in total. The zero-order chi connectivity index (χ0) is 12.5. The molecule has 1 spiro atoms. The van der Waals surface area contributed by atoms with E-state index in [0.29, 0.717) is 0 Å². The Morgan fingerprint density at radius 2 is 1.82 bits per heavy atom. The number of nitrogens with zero attached hydrogens (tertiary/aromatic N) is 1. The van der Waals surface area contributed by atoms with E-state index in [4.69, 9.17) is 0 Å². The highest BCUT2D eigenvalue weighted by Crippen LogP contribution is 2.41. The maximum absolute atomic E-state index is 11.7. The minimum Gasteiger partial charge on any atom is -0.330 e. The van der Waals surface area contributed by atoms with Gasteiger partial charge < -0.3 is 5.32 Å². The highest BCUT2D eigenvalue weighted by atomic mass is 79.9. The number of hydrogen-bond donors (Lipinski definition) is 1. The maximum Gasteiger partial charge on any atom is 0.322 e. The van der Waals surface area contributed by atoms with Crippen molar-refractivity contribution in [1.82, 2.24) is 5.32 Å². The second kappa shape index (κ2) is 4.69. The van der Waals surface area contributed by atoms with Crippen LogP contribution in [-0.4, -0.2) is 18.1 Å². The van der Waals surface area contributed by atoms with Gasteiger partial charge in [0.05, 0.1) is 12.1 Å². The Bertz CT molecular complexity index is 412. The topological polar surface area (TPSA) is 32.3 Å². The van der Waals surface area contributed by atoms with Gasteiger partial charge >= 0.3 is 6.03 Å². The van der Waals surface area contributed by atoms with E-state index in [1.54, 1.807) is 0 Å². The molecule has 2 aliphatic rings. The Kier molecular flexibility index (Phi) is 3.43. The first-order valence-corrected chi connectivity index (χ1v) is 6.83. The molecule has 17 heavy (non-hydrogen) atoms. The first-order chi connectivity index (χ1) is 8.19. The summed E-state index contributed by atoms with van der Waals surface area (Å²) in [6.07, 6.45) is 2.23. The van der Waals surface area contributed by atoms with E-state index in [-0.39, 0.29) is 11.6 Å². The fourth-order valence-electron chi connectivity index (χ4n) is 1.97. The van der Waals surface area contributed by atoms with Crippen LogP contribution in [0.1, 0.15) is 26.7 Å². The van der Waals surface area contributed by atoms with Gasteiger partial charge in [0.15, 0.2) is 0 Å². The van der Waals surface area contributed by atoms with E-state index in [1.807, 2.05) is 43.0 Å². The zero-order valence-electron chi connectivity index (χ0n) is 10.2. The van der Waals surface area contributed by atoms with Gasteiger partial charge in [0.25, 0.3) is 0 Å². The van der Waals surface area contributed by atoms with Crippen molar-refractivity contribution < 1.29 is 4.79 Å². The summed E-state index contributed by atoms with van der Waals surface area (Å²) in [5, 5.41) is 3.04. The molecule has 0 radical (unpaired) electrons. The molecule has 0 unspecified atom stereocenters. The number of benzene rings is 1. The number of carbonyl (C=O) groups excluding carboxylic acids is 1. The monoisotopic (exact) mass is 296 g/mol. The van der Waals surface area contributed by atoms with E-state index < -0.39 is 0 Å². The smallest absolute Gasteiger partial charge is 0.322 e. The molecule has 0 aromatic heterocycles. The first kappa shape index (κ1) is 12.4. The van der Waals surface area contributed by atoms with E-state index in [0.717, 1.165) is 29.5 Å². The Hall–Kier alpha value is -1.03. The number of urea groups is 1. The van der Waals surface area contributed by atoms with Crippen molar-refractivity contribution in [3.8, 4) is 0 Å². The van der Waals surface area contributed by atoms with Gasteiger partial charge in [0, 0.05) is 10.2 Å². The molecule has 3 nitrogen and oxygen atoms in total. The molecule has 0 atom stereocenters. The van der Waals surface area contributed by atoms with E-state index >= 15 is 0 Å². The molecule has 1 aliphatic heterocycles. The summed E-state index contributed by atoms with van der Waals surface area (Å²) < 4.78 is 1.03. The predicted octanol–water partition coefficient (Wildman–Crippen LogP) is 3.54. The SMILES string of the molecule is CC.O=C1NC2(CC2)CN1c1ccc(Br)cc1. The summed E-state index contributed by atoms with van der Waals surface area (Å²) in [4.78, 5) is 13.5. The number of carbonyl (C=O) groups is 1. The second-order valence-electron chi connectivity index (χ2n) is 4.27. The third-order valence-corrected chi connectivity index (χ3v) is 3.60. The molecular formula is C13H17BrN2O. The summed E-state index contributed by atoms with van der Waals surface area (Å²) >= 11 is 3.38. The summed E-state index contributed by atoms with van der Waals surface area (Å²) in [5.74, 6) is 0. The van der Waals surface area contributed by atoms with Crippen molar-refractivity contribution in [1.29, 1.82) is 0 Å². The lowest BCUT2D eigenvalue weighted by atomic mass is 10.2. The van der Waals surface area contributed by atoms with Crippen LogP contribution in [0, 0.1) is 0 Å². The number of anilines is 1. The largest absolute Gasteiger partial charge is 0.330 e. The van der Waals surface area contributed by atoms with E-state index in [1.165, 1.54) is 0 Å². The van der Waals surface area contributed by atoms with Gasteiger partial charge in [-0.15, -0.1) is 0 Å². The normalized spacial score (nSPS) is 19.7. The lowest BCUT2D eigenvalue weighted by Crippen LogP contribution is -2.29. The summed E-state index contributed by atoms with van der Waals surface area (Å²) in [5.41, 5.74) is 1.07. The molecule has 0 bridgehead atoms. The predicted molar refractivity (Wildman–Crippen MR) is 73.3 cm³/mol. The van der Waals surface area contributed by atoms with Crippen LogP contribution < -0.4 is 10.2 Å². The standard InChI is InChI=1S/C11H11BrN2O.C2H6/c12-8-1-3-9(4-2-8)14-7-11(5-6-11)13-10(14)15;1-2/h1-4H,5-7H2,(H,13,15);1-2H3. The van der Waals surface area contributed by atoms with Crippen LogP contribution in [0.2, 0.25) is 0 Å². The second-order valence-corrected chi connectivity index (χ2v) is 5.19. The summed E-state index contributed by atoms with van der Waals surface area (Å²) in [6, 6.07) is 7.88. The Labute approximate surface area is 110 Å². The Morgan fingerprint density at radius 1 is 1.24 bits per heavy atom. The Morgan fingerprint density at radius 3 is 2.29 bits per heavy atom. The fourth-order valence-corrected chi connectivity index (χ4v) is 2.24. The third kappa shape index (κ3) is 2.46. The molecule has 2 amide bonds. The molecular weight excluding hydrogens is 280 g/mol. The van der Waals surface area contributed by atoms with Crippen LogP contribution in [0.5, 0.6) is 0 Å². The van der Waals surface area contributed by atoms with Crippen LogP contribution in [0.4, 0.5) is 10.5 Å². The van der Waals surface area contributed by atoms with Crippen molar-refractivity contribution in [2.24, 2.45) is 0 Å². The van der Waals surface area contributed by atoms with Crippen molar-refractivity contribution >= 4 is 27.6 Å². The average Bonchev–Trinajstić information content (AvgIpc) is 3.01. The zero-order valence-corrected chi connectivity index (χ0v) is 11.8. The molecule has 1 aromatic rings. The van der Waals surface area contributed by atoms with Gasteiger partial charge in [-0.3, -0.25) is 4.90 Å². The molecule has 1 saturated carbocycles. The highest BCUT2D eigenvalue weighted by Gasteiger charge is 2.51. The fraction of sp³-hybridized carbons (Fsp3) is 0.462. The van der Waals surface area contributed by atoms with Crippen molar-refractivity contribution in [2.45, 2.75) is 32.2 Å². The van der Waals surface area contributed by atoms with E-state index in [9.17, 15) is 4.79 Å². The van der Waals surface area contributed by atoms with Crippen LogP contribution in [0.25, 0.3) is 0 Å². The third-order valence-electron chi connectivity index (χ3n) is 3.07. The van der Waals surface area contributed by atoms with Crippen LogP contribution in [0.15, 0.2) is 28.7 Å². The summed E-state index contributed by atoms with van der Waals surface area (Å²) in [6.45, 7) is 4.81. The Balaban J connectivity index is 0.000000514. The quantitative estimate of drug-likeness (QED) is 0.845. The van der Waals surface area contributed by atoms with E-state index in [2.05, 4.69) is 21.2 Å². The van der Waals surface area contributed by atoms with Crippen molar-refractivity contribution in [2.75, 3.05) is 11.4 Å². The minimum absolute atomic E-state index is 0.0369. The lowest BCUT2D eigenvalue weighted by molar-refractivity contribution is 0.250. The average molecular weight is 297 g/mol. The molecule has 2 fully saturated rings. The highest BCUT2D eigenvalue weighted by molar-refractivity contribution is 9.10. The molecule has 92 valence electrons. The van der Waals surface area contributed by atoms with Gasteiger partial charge in [-0.1, -0.05) is 29.8 Å². The molecule has 3 rings (SSSR count). The number of nitrogens with one attached hydrogen (secondary N) is 1. The van der Waals surface area contributed by atoms with Crippen molar-refractivity contribution in [3.63, 3.8) is 0 Å². The minimum atomic E-state index is 0.0369. The molecule has 1 aliphatic carbocycles. The number of hydrogen-bond acceptors (Lipinski definition) is 1. The van der Waals surface area contributed by atoms with Crippen LogP contribution >= 0.6 is 15.9 Å². The summed E-state index contributed by atoms with van der Waals surface area (Å²) in [7, 11) is 0. The number of amides is 2. The van der Waals surface area contributed by atoms with Crippen LogP contribution in [0.3, 0.4) is 0 Å². The molecule has 4 heteroatoms. The molecule has 1 saturated heterocycles. The number of rotatable bonds is 1. The van der Waals surface area contributed by atoms with Gasteiger partial charge in [-0.25, -0.2) is 4.79 Å². The van der Waals surface area contributed by atoms with Crippen LogP contribution in [-0.2, 0) is 0 Å². The van der Waals surface area contributed by atoms with Gasteiger partial charge in [-0.2, -0.15) is 0 Å². The van der Waals surface area contributed by atoms with Crippen molar-refractivity contribution in [3.05, 3.63) is 28.7 Å². The molecule has 1 heterocycles. The van der Waals surface area contributed by atoms with Gasteiger partial charge in [-0.05, 0) is 37.1 Å². The first-order valence-electron chi connectivity index (χ1n) is 6.04. The van der Waals surface area contributed by atoms with Gasteiger partial charge in [0.2, 0.25) is 0 Å². The maximum atomic E-state index is 11.7. The van der Waals surface area contributed by atoms with Gasteiger partial charge in [0.1, 0.15) is 0 Å². The molecule has 1 aromatic carbocycles. The lowest BCUT2D eigenvalue weighted by Gasteiger charge is -2.14.